The number of carbonyl (C=O) groups is 1. The first-order chi connectivity index (χ1) is 11.3. The topological polar surface area (TPSA) is 61.9 Å². The minimum Gasteiger partial charge on any atom is -0.342 e. The van der Waals surface area contributed by atoms with Crippen LogP contribution in [0.4, 0.5) is 0 Å². The molecule has 1 N–H and O–H groups in total. The van der Waals surface area contributed by atoms with E-state index in [9.17, 15) is 4.79 Å². The molecule has 1 amide bonds. The molecular formula is C18H22N4O. The molecular weight excluding hydrogens is 288 g/mol. The van der Waals surface area contributed by atoms with E-state index in [0.29, 0.717) is 6.42 Å². The molecule has 5 heteroatoms. The molecule has 2 aromatic heterocycles. The van der Waals surface area contributed by atoms with Gasteiger partial charge in [0, 0.05) is 43.0 Å². The quantitative estimate of drug-likeness (QED) is 0.946. The number of aromatic amines is 1. The van der Waals surface area contributed by atoms with Gasteiger partial charge in [0.25, 0.3) is 0 Å². The van der Waals surface area contributed by atoms with Crippen molar-refractivity contribution in [3.05, 3.63) is 47.5 Å². The number of H-pyrrole nitrogens is 1. The van der Waals surface area contributed by atoms with Crippen molar-refractivity contribution in [2.45, 2.75) is 43.9 Å². The van der Waals surface area contributed by atoms with E-state index in [2.05, 4.69) is 20.1 Å². The van der Waals surface area contributed by atoms with Crippen LogP contribution in [-0.4, -0.2) is 39.1 Å². The molecule has 4 rings (SSSR count). The fourth-order valence-corrected chi connectivity index (χ4v) is 4.17. The van der Waals surface area contributed by atoms with Gasteiger partial charge in [-0.15, -0.1) is 0 Å². The van der Waals surface area contributed by atoms with Gasteiger partial charge in [0.2, 0.25) is 5.91 Å². The average Bonchev–Trinajstić information content (AvgIpc) is 3.19. The first-order valence-electron chi connectivity index (χ1n) is 8.46. The summed E-state index contributed by atoms with van der Waals surface area (Å²) in [5.74, 6) is 0.265. The number of hydrogen-bond acceptors (Lipinski definition) is 3. The SMILES string of the molecule is O=C(CCc1cccnc1)N1CCCC2(CCc3cn[nH]c32)C1. The smallest absolute Gasteiger partial charge is 0.222 e. The molecule has 0 aromatic carbocycles. The second-order valence-electron chi connectivity index (χ2n) is 6.83. The molecule has 1 saturated heterocycles. The molecule has 0 radical (unpaired) electrons. The van der Waals surface area contributed by atoms with Gasteiger partial charge in [-0.3, -0.25) is 14.9 Å². The lowest BCUT2D eigenvalue weighted by atomic mass is 9.77. The number of aromatic nitrogens is 3. The van der Waals surface area contributed by atoms with Crippen LogP contribution in [0.5, 0.6) is 0 Å². The van der Waals surface area contributed by atoms with Crippen molar-refractivity contribution in [2.75, 3.05) is 13.1 Å². The summed E-state index contributed by atoms with van der Waals surface area (Å²) >= 11 is 0. The summed E-state index contributed by atoms with van der Waals surface area (Å²) in [6.07, 6.45) is 11.4. The van der Waals surface area contributed by atoms with E-state index in [4.69, 9.17) is 0 Å². The van der Waals surface area contributed by atoms with E-state index in [1.807, 2.05) is 24.5 Å². The highest BCUT2D eigenvalue weighted by molar-refractivity contribution is 5.76. The summed E-state index contributed by atoms with van der Waals surface area (Å²) in [6.45, 7) is 1.73. The molecule has 1 spiro atoms. The molecule has 1 unspecified atom stereocenters. The maximum atomic E-state index is 12.6. The van der Waals surface area contributed by atoms with E-state index in [1.165, 1.54) is 11.3 Å². The van der Waals surface area contributed by atoms with Crippen LogP contribution in [-0.2, 0) is 23.1 Å². The maximum absolute atomic E-state index is 12.6. The molecule has 0 saturated carbocycles. The summed E-state index contributed by atoms with van der Waals surface area (Å²) in [5.41, 5.74) is 3.87. The number of aryl methyl sites for hydroxylation is 2. The van der Waals surface area contributed by atoms with Gasteiger partial charge in [-0.1, -0.05) is 6.07 Å². The Balaban J connectivity index is 1.43. The highest BCUT2D eigenvalue weighted by Gasteiger charge is 2.44. The minimum absolute atomic E-state index is 0.119. The van der Waals surface area contributed by atoms with E-state index in [1.54, 1.807) is 6.20 Å². The number of amides is 1. The van der Waals surface area contributed by atoms with Gasteiger partial charge >= 0.3 is 0 Å². The van der Waals surface area contributed by atoms with Gasteiger partial charge in [0.15, 0.2) is 0 Å². The van der Waals surface area contributed by atoms with Crippen molar-refractivity contribution in [1.29, 1.82) is 0 Å². The van der Waals surface area contributed by atoms with Crippen LogP contribution < -0.4 is 0 Å². The Labute approximate surface area is 136 Å². The Morgan fingerprint density at radius 1 is 1.35 bits per heavy atom. The standard InChI is InChI=1S/C18H22N4O/c23-16(5-4-14-3-1-9-19-11-14)22-10-2-7-18(13-22)8-6-15-12-20-21-17(15)18/h1,3,9,11-12H,2,4-8,10,13H2,(H,20,21). The number of piperidine rings is 1. The van der Waals surface area contributed by atoms with E-state index < -0.39 is 0 Å². The van der Waals surface area contributed by atoms with Crippen LogP contribution in [0.25, 0.3) is 0 Å². The number of rotatable bonds is 3. The summed E-state index contributed by atoms with van der Waals surface area (Å²) in [5, 5.41) is 7.40. The lowest BCUT2D eigenvalue weighted by Gasteiger charge is -2.40. The third kappa shape index (κ3) is 2.64. The summed E-state index contributed by atoms with van der Waals surface area (Å²) in [7, 11) is 0. The average molecular weight is 310 g/mol. The summed E-state index contributed by atoms with van der Waals surface area (Å²) in [4.78, 5) is 18.8. The molecule has 0 bridgehead atoms. The first-order valence-corrected chi connectivity index (χ1v) is 8.46. The first kappa shape index (κ1) is 14.4. The number of pyridine rings is 1. The van der Waals surface area contributed by atoms with Crippen molar-refractivity contribution >= 4 is 5.91 Å². The van der Waals surface area contributed by atoms with Crippen LogP contribution in [0, 0.1) is 0 Å². The molecule has 1 aliphatic carbocycles. The predicted molar refractivity (Wildman–Crippen MR) is 87.0 cm³/mol. The van der Waals surface area contributed by atoms with Crippen LogP contribution in [0.3, 0.4) is 0 Å². The molecule has 120 valence electrons. The van der Waals surface area contributed by atoms with E-state index in [0.717, 1.165) is 50.8 Å². The predicted octanol–water partition coefficient (Wildman–Crippen LogP) is 2.24. The van der Waals surface area contributed by atoms with Crippen molar-refractivity contribution in [3.8, 4) is 0 Å². The van der Waals surface area contributed by atoms with Crippen LogP contribution >= 0.6 is 0 Å². The lowest BCUT2D eigenvalue weighted by molar-refractivity contribution is -0.133. The van der Waals surface area contributed by atoms with Crippen molar-refractivity contribution in [3.63, 3.8) is 0 Å². The minimum atomic E-state index is 0.119. The maximum Gasteiger partial charge on any atom is 0.222 e. The number of fused-ring (bicyclic) bond motifs is 2. The Kier molecular flexibility index (Phi) is 3.63. The number of nitrogens with one attached hydrogen (secondary N) is 1. The second kappa shape index (κ2) is 5.80. The zero-order chi connectivity index (χ0) is 15.7. The van der Waals surface area contributed by atoms with E-state index >= 15 is 0 Å². The zero-order valence-electron chi connectivity index (χ0n) is 13.3. The Morgan fingerprint density at radius 2 is 2.30 bits per heavy atom. The third-order valence-electron chi connectivity index (χ3n) is 5.40. The van der Waals surface area contributed by atoms with Gasteiger partial charge in [0.05, 0.1) is 6.20 Å². The molecule has 5 nitrogen and oxygen atoms in total. The molecule has 1 aliphatic heterocycles. The fourth-order valence-electron chi connectivity index (χ4n) is 4.17. The van der Waals surface area contributed by atoms with Crippen molar-refractivity contribution in [2.24, 2.45) is 0 Å². The molecule has 1 fully saturated rings. The van der Waals surface area contributed by atoms with E-state index in [-0.39, 0.29) is 11.3 Å². The van der Waals surface area contributed by atoms with Crippen LogP contribution in [0.15, 0.2) is 30.7 Å². The molecule has 23 heavy (non-hydrogen) atoms. The largest absolute Gasteiger partial charge is 0.342 e. The zero-order valence-corrected chi connectivity index (χ0v) is 13.3. The lowest BCUT2D eigenvalue weighted by Crippen LogP contribution is -2.47. The van der Waals surface area contributed by atoms with Crippen LogP contribution in [0.2, 0.25) is 0 Å². The highest BCUT2D eigenvalue weighted by Crippen LogP contribution is 2.43. The third-order valence-corrected chi connectivity index (χ3v) is 5.40. The van der Waals surface area contributed by atoms with Gasteiger partial charge in [-0.05, 0) is 49.3 Å². The molecule has 1 atom stereocenters. The highest BCUT2D eigenvalue weighted by atomic mass is 16.2. The summed E-state index contributed by atoms with van der Waals surface area (Å²) in [6, 6.07) is 3.96. The molecule has 3 heterocycles. The number of likely N-dealkylation sites (tertiary alicyclic amines) is 1. The van der Waals surface area contributed by atoms with Crippen LogP contribution in [0.1, 0.15) is 42.5 Å². The van der Waals surface area contributed by atoms with Gasteiger partial charge in [-0.25, -0.2) is 0 Å². The molecule has 2 aliphatic rings. The summed E-state index contributed by atoms with van der Waals surface area (Å²) < 4.78 is 0. The van der Waals surface area contributed by atoms with Crippen molar-refractivity contribution in [1.82, 2.24) is 20.1 Å². The second-order valence-corrected chi connectivity index (χ2v) is 6.83. The Bertz CT molecular complexity index is 696. The number of carbonyl (C=O) groups excluding carboxylic acids is 1. The Morgan fingerprint density at radius 3 is 3.17 bits per heavy atom. The number of hydrogen-bond donors (Lipinski definition) is 1. The fraction of sp³-hybridized carbons (Fsp3) is 0.500. The van der Waals surface area contributed by atoms with Gasteiger partial charge in [-0.2, -0.15) is 5.10 Å². The van der Waals surface area contributed by atoms with Crippen molar-refractivity contribution < 1.29 is 4.79 Å². The van der Waals surface area contributed by atoms with Gasteiger partial charge in [0.1, 0.15) is 0 Å². The normalized spacial score (nSPS) is 23.2. The number of nitrogens with zero attached hydrogens (tertiary/aromatic N) is 3. The monoisotopic (exact) mass is 310 g/mol. The van der Waals surface area contributed by atoms with Gasteiger partial charge < -0.3 is 4.90 Å². The molecule has 2 aromatic rings. The Hall–Kier alpha value is -2.17.